The van der Waals surface area contributed by atoms with E-state index >= 15 is 0 Å². The molecule has 138 valence electrons. The molecule has 6 heteroatoms. The Hall–Kier alpha value is -3.02. The zero-order valence-corrected chi connectivity index (χ0v) is 14.9. The van der Waals surface area contributed by atoms with Crippen LogP contribution in [0.25, 0.3) is 0 Å². The molecular weight excluding hydrogens is 336 g/mol. The Balaban J connectivity index is 1.64. The third-order valence-corrected chi connectivity index (χ3v) is 3.65. The lowest BCUT2D eigenvalue weighted by atomic mass is 10.2. The molecule has 0 spiro atoms. The van der Waals surface area contributed by atoms with Crippen molar-refractivity contribution in [2.24, 2.45) is 0 Å². The van der Waals surface area contributed by atoms with Gasteiger partial charge in [-0.15, -0.1) is 0 Å². The van der Waals surface area contributed by atoms with Crippen LogP contribution in [0, 0.1) is 0 Å². The number of benzene rings is 2. The van der Waals surface area contributed by atoms with Crippen molar-refractivity contribution in [3.05, 3.63) is 59.7 Å². The van der Waals surface area contributed by atoms with Gasteiger partial charge in [-0.2, -0.15) is 0 Å². The lowest BCUT2D eigenvalue weighted by molar-refractivity contribution is -0.151. The minimum atomic E-state index is -0.442. The first-order valence-corrected chi connectivity index (χ1v) is 8.18. The van der Waals surface area contributed by atoms with E-state index in [1.165, 1.54) is 0 Å². The highest BCUT2D eigenvalue weighted by Crippen LogP contribution is 2.13. The lowest BCUT2D eigenvalue weighted by Crippen LogP contribution is -2.10. The van der Waals surface area contributed by atoms with Gasteiger partial charge in [0.1, 0.15) is 24.7 Å². The van der Waals surface area contributed by atoms with Gasteiger partial charge in [0.25, 0.3) is 0 Å². The molecule has 0 amide bonds. The highest BCUT2D eigenvalue weighted by molar-refractivity contribution is 5.77. The molecule has 0 aliphatic rings. The van der Waals surface area contributed by atoms with Crippen molar-refractivity contribution in [2.45, 2.75) is 26.1 Å². The molecule has 0 unspecified atom stereocenters. The molecule has 0 aliphatic heterocycles. The number of carbonyl (C=O) groups excluding carboxylic acids is 2. The molecule has 0 fully saturated rings. The second-order valence-corrected chi connectivity index (χ2v) is 5.52. The smallest absolute Gasteiger partial charge is 0.306 e. The molecule has 0 radical (unpaired) electrons. The van der Waals surface area contributed by atoms with Crippen molar-refractivity contribution >= 4 is 11.9 Å². The summed E-state index contributed by atoms with van der Waals surface area (Å²) in [6, 6.07) is 14.4. The monoisotopic (exact) mass is 358 g/mol. The molecule has 26 heavy (non-hydrogen) atoms. The van der Waals surface area contributed by atoms with Gasteiger partial charge in [0.15, 0.2) is 0 Å². The molecule has 0 saturated heterocycles. The summed E-state index contributed by atoms with van der Waals surface area (Å²) in [6.07, 6.45) is -0.0325. The fourth-order valence-corrected chi connectivity index (χ4v) is 2.12. The minimum absolute atomic E-state index is 0.0163. The van der Waals surface area contributed by atoms with Crippen molar-refractivity contribution in [2.75, 3.05) is 14.2 Å². The highest BCUT2D eigenvalue weighted by atomic mass is 16.5. The number of hydrogen-bond acceptors (Lipinski definition) is 6. The third kappa shape index (κ3) is 6.47. The molecule has 2 rings (SSSR count). The van der Waals surface area contributed by atoms with Crippen LogP contribution in [0.15, 0.2) is 48.5 Å². The Morgan fingerprint density at radius 2 is 1.00 bits per heavy atom. The molecule has 0 heterocycles. The first-order chi connectivity index (χ1) is 12.6. The number of hydrogen-bond donors (Lipinski definition) is 0. The van der Waals surface area contributed by atoms with Crippen molar-refractivity contribution in [3.8, 4) is 11.5 Å². The zero-order valence-electron chi connectivity index (χ0n) is 14.9. The van der Waals surface area contributed by atoms with Crippen LogP contribution in [0.4, 0.5) is 0 Å². The van der Waals surface area contributed by atoms with E-state index in [9.17, 15) is 9.59 Å². The Morgan fingerprint density at radius 3 is 1.31 bits per heavy atom. The fraction of sp³-hybridized carbons (Fsp3) is 0.300. The second-order valence-electron chi connectivity index (χ2n) is 5.52. The number of esters is 2. The average Bonchev–Trinajstić information content (AvgIpc) is 2.69. The van der Waals surface area contributed by atoms with E-state index in [4.69, 9.17) is 18.9 Å². The lowest BCUT2D eigenvalue weighted by Gasteiger charge is -2.07. The molecule has 6 nitrogen and oxygen atoms in total. The number of carbonyl (C=O) groups is 2. The molecule has 0 bridgehead atoms. The molecule has 0 N–H and O–H groups in total. The SMILES string of the molecule is COc1ccc(COC(=O)CCC(=O)OCc2ccc(OC)cc2)cc1. The van der Waals surface area contributed by atoms with Crippen molar-refractivity contribution < 1.29 is 28.5 Å². The predicted octanol–water partition coefficient (Wildman–Crippen LogP) is 3.27. The van der Waals surface area contributed by atoms with Gasteiger partial charge in [0, 0.05) is 0 Å². The van der Waals surface area contributed by atoms with E-state index in [1.54, 1.807) is 38.5 Å². The Labute approximate surface area is 152 Å². The van der Waals surface area contributed by atoms with Crippen molar-refractivity contribution in [3.63, 3.8) is 0 Å². The van der Waals surface area contributed by atoms with Crippen LogP contribution >= 0.6 is 0 Å². The first kappa shape index (κ1) is 19.3. The number of rotatable bonds is 9. The van der Waals surface area contributed by atoms with Crippen LogP contribution in [0.1, 0.15) is 24.0 Å². The second kappa shape index (κ2) is 10.1. The summed E-state index contributed by atoms with van der Waals surface area (Å²) in [5.41, 5.74) is 1.70. The summed E-state index contributed by atoms with van der Waals surface area (Å²) in [4.78, 5) is 23.4. The third-order valence-electron chi connectivity index (χ3n) is 3.65. The molecule has 0 atom stereocenters. The maximum absolute atomic E-state index is 11.7. The average molecular weight is 358 g/mol. The quantitative estimate of drug-likeness (QED) is 0.641. The van der Waals surface area contributed by atoms with Crippen LogP contribution in [-0.2, 0) is 32.3 Å². The Bertz CT molecular complexity index is 643. The molecule has 0 aromatic heterocycles. The van der Waals surface area contributed by atoms with Crippen molar-refractivity contribution in [1.29, 1.82) is 0 Å². The molecule has 2 aromatic rings. The molecule has 0 aliphatic carbocycles. The van der Waals surface area contributed by atoms with Gasteiger partial charge >= 0.3 is 11.9 Å². The summed E-state index contributed by atoms with van der Waals surface area (Å²) in [5, 5.41) is 0. The number of methoxy groups -OCH3 is 2. The summed E-state index contributed by atoms with van der Waals surface area (Å²) in [7, 11) is 3.17. The summed E-state index contributed by atoms with van der Waals surface area (Å²) < 4.78 is 20.4. The normalized spacial score (nSPS) is 10.1. The van der Waals surface area contributed by atoms with Gasteiger partial charge in [0.05, 0.1) is 27.1 Å². The minimum Gasteiger partial charge on any atom is -0.497 e. The van der Waals surface area contributed by atoms with Gasteiger partial charge in [0.2, 0.25) is 0 Å². The van der Waals surface area contributed by atoms with Crippen LogP contribution in [0.3, 0.4) is 0 Å². The van der Waals surface area contributed by atoms with E-state index in [0.29, 0.717) is 0 Å². The molecule has 2 aromatic carbocycles. The summed E-state index contributed by atoms with van der Waals surface area (Å²) >= 11 is 0. The van der Waals surface area contributed by atoms with E-state index in [-0.39, 0.29) is 26.1 Å². The van der Waals surface area contributed by atoms with Gasteiger partial charge < -0.3 is 18.9 Å². The highest BCUT2D eigenvalue weighted by Gasteiger charge is 2.10. The van der Waals surface area contributed by atoms with Crippen LogP contribution in [-0.4, -0.2) is 26.2 Å². The van der Waals surface area contributed by atoms with Crippen LogP contribution in [0.2, 0.25) is 0 Å². The first-order valence-electron chi connectivity index (χ1n) is 8.18. The Morgan fingerprint density at radius 1 is 0.654 bits per heavy atom. The van der Waals surface area contributed by atoms with Crippen LogP contribution < -0.4 is 9.47 Å². The van der Waals surface area contributed by atoms with E-state index in [2.05, 4.69) is 0 Å². The van der Waals surface area contributed by atoms with Crippen molar-refractivity contribution in [1.82, 2.24) is 0 Å². The van der Waals surface area contributed by atoms with E-state index < -0.39 is 11.9 Å². The van der Waals surface area contributed by atoms with Gasteiger partial charge in [-0.05, 0) is 35.4 Å². The number of ether oxygens (including phenoxy) is 4. The van der Waals surface area contributed by atoms with E-state index in [1.807, 2.05) is 24.3 Å². The zero-order chi connectivity index (χ0) is 18.8. The maximum atomic E-state index is 11.7. The maximum Gasteiger partial charge on any atom is 0.306 e. The largest absolute Gasteiger partial charge is 0.497 e. The predicted molar refractivity (Wildman–Crippen MR) is 94.8 cm³/mol. The molecular formula is C20H22O6. The fourth-order valence-electron chi connectivity index (χ4n) is 2.12. The topological polar surface area (TPSA) is 71.1 Å². The van der Waals surface area contributed by atoms with Gasteiger partial charge in [-0.1, -0.05) is 24.3 Å². The molecule has 0 saturated carbocycles. The van der Waals surface area contributed by atoms with Gasteiger partial charge in [-0.3, -0.25) is 9.59 Å². The summed E-state index contributed by atoms with van der Waals surface area (Å²) in [5.74, 6) is 0.587. The van der Waals surface area contributed by atoms with E-state index in [0.717, 1.165) is 22.6 Å². The Kier molecular flexibility index (Phi) is 7.49. The van der Waals surface area contributed by atoms with Gasteiger partial charge in [-0.25, -0.2) is 0 Å². The summed E-state index contributed by atoms with van der Waals surface area (Å²) in [6.45, 7) is 0.313. The standard InChI is InChI=1S/C20H22O6/c1-23-17-7-3-15(4-8-17)13-25-19(21)11-12-20(22)26-14-16-5-9-18(24-2)10-6-16/h3-10H,11-14H2,1-2H3. The van der Waals surface area contributed by atoms with Crippen LogP contribution in [0.5, 0.6) is 11.5 Å².